The number of carbonyl (C=O) groups excluding carboxylic acids is 1. The Labute approximate surface area is 82.1 Å². The fraction of sp³-hybridized carbons (Fsp3) is 0.625. The van der Waals surface area contributed by atoms with Crippen LogP contribution < -0.4 is 5.32 Å². The second kappa shape index (κ2) is 6.09. The SMILES string of the molecule is COCCCC(=O)NCc1ncn[nH]1. The number of aromatic nitrogens is 3. The second-order valence-electron chi connectivity index (χ2n) is 2.81. The third-order valence-corrected chi connectivity index (χ3v) is 1.67. The monoisotopic (exact) mass is 198 g/mol. The van der Waals surface area contributed by atoms with Crippen molar-refractivity contribution in [3.05, 3.63) is 12.2 Å². The van der Waals surface area contributed by atoms with Gasteiger partial charge in [0.15, 0.2) is 0 Å². The first-order valence-corrected chi connectivity index (χ1v) is 4.43. The van der Waals surface area contributed by atoms with E-state index in [9.17, 15) is 4.79 Å². The summed E-state index contributed by atoms with van der Waals surface area (Å²) in [5.74, 6) is 0.656. The van der Waals surface area contributed by atoms with Gasteiger partial charge in [-0.15, -0.1) is 0 Å². The van der Waals surface area contributed by atoms with Crippen LogP contribution in [0.25, 0.3) is 0 Å². The third-order valence-electron chi connectivity index (χ3n) is 1.67. The maximum atomic E-state index is 11.2. The minimum Gasteiger partial charge on any atom is -0.385 e. The van der Waals surface area contributed by atoms with E-state index in [-0.39, 0.29) is 5.91 Å². The van der Waals surface area contributed by atoms with E-state index in [1.54, 1.807) is 7.11 Å². The molecule has 0 saturated heterocycles. The fourth-order valence-electron chi connectivity index (χ4n) is 0.964. The molecular formula is C8H14N4O2. The van der Waals surface area contributed by atoms with Crippen LogP contribution in [0.3, 0.4) is 0 Å². The molecule has 1 rings (SSSR count). The van der Waals surface area contributed by atoms with Crippen molar-refractivity contribution in [1.82, 2.24) is 20.5 Å². The number of rotatable bonds is 6. The smallest absolute Gasteiger partial charge is 0.220 e. The Morgan fingerprint density at radius 3 is 3.21 bits per heavy atom. The summed E-state index contributed by atoms with van der Waals surface area (Å²) in [6.45, 7) is 1.00. The van der Waals surface area contributed by atoms with Crippen molar-refractivity contribution in [3.63, 3.8) is 0 Å². The molecule has 0 radical (unpaired) electrons. The molecule has 78 valence electrons. The number of ether oxygens (including phenoxy) is 1. The molecule has 0 aliphatic rings. The molecule has 0 bridgehead atoms. The van der Waals surface area contributed by atoms with E-state index in [4.69, 9.17) is 4.74 Å². The Hall–Kier alpha value is -1.43. The highest BCUT2D eigenvalue weighted by Gasteiger charge is 2.01. The van der Waals surface area contributed by atoms with Crippen molar-refractivity contribution < 1.29 is 9.53 Å². The van der Waals surface area contributed by atoms with E-state index in [1.807, 2.05) is 0 Å². The van der Waals surface area contributed by atoms with Crippen LogP contribution in [0.1, 0.15) is 18.7 Å². The predicted molar refractivity (Wildman–Crippen MR) is 49.3 cm³/mol. The molecule has 0 unspecified atom stereocenters. The zero-order chi connectivity index (χ0) is 10.2. The highest BCUT2D eigenvalue weighted by molar-refractivity contribution is 5.75. The Bertz CT molecular complexity index is 260. The highest BCUT2D eigenvalue weighted by atomic mass is 16.5. The number of methoxy groups -OCH3 is 1. The van der Waals surface area contributed by atoms with E-state index >= 15 is 0 Å². The quantitative estimate of drug-likeness (QED) is 0.623. The number of nitrogens with one attached hydrogen (secondary N) is 2. The molecule has 1 aromatic heterocycles. The van der Waals surface area contributed by atoms with Crippen LogP contribution in [0.5, 0.6) is 0 Å². The molecule has 0 aliphatic carbocycles. The van der Waals surface area contributed by atoms with Crippen LogP contribution in [-0.2, 0) is 16.1 Å². The van der Waals surface area contributed by atoms with Crippen molar-refractivity contribution in [1.29, 1.82) is 0 Å². The van der Waals surface area contributed by atoms with Crippen LogP contribution in [-0.4, -0.2) is 34.8 Å². The summed E-state index contributed by atoms with van der Waals surface area (Å²) in [4.78, 5) is 15.1. The third kappa shape index (κ3) is 3.99. The molecule has 0 spiro atoms. The number of carbonyl (C=O) groups is 1. The van der Waals surface area contributed by atoms with E-state index in [2.05, 4.69) is 20.5 Å². The van der Waals surface area contributed by atoms with E-state index in [0.29, 0.717) is 25.4 Å². The minimum absolute atomic E-state index is 0.00144. The zero-order valence-electron chi connectivity index (χ0n) is 8.12. The fourth-order valence-corrected chi connectivity index (χ4v) is 0.964. The Kier molecular flexibility index (Phi) is 4.63. The van der Waals surface area contributed by atoms with Crippen molar-refractivity contribution in [2.75, 3.05) is 13.7 Å². The van der Waals surface area contributed by atoms with Gasteiger partial charge >= 0.3 is 0 Å². The molecule has 0 aromatic carbocycles. The van der Waals surface area contributed by atoms with Gasteiger partial charge in [0.05, 0.1) is 6.54 Å². The number of aromatic amines is 1. The van der Waals surface area contributed by atoms with Crippen molar-refractivity contribution in [2.24, 2.45) is 0 Å². The molecule has 6 heteroatoms. The number of hydrogen-bond acceptors (Lipinski definition) is 4. The number of hydrogen-bond donors (Lipinski definition) is 2. The van der Waals surface area contributed by atoms with Crippen molar-refractivity contribution in [2.45, 2.75) is 19.4 Å². The number of H-pyrrole nitrogens is 1. The first kappa shape index (κ1) is 10.6. The summed E-state index contributed by atoms with van der Waals surface area (Å²) in [6.07, 6.45) is 2.62. The van der Waals surface area contributed by atoms with Crippen LogP contribution in [0.15, 0.2) is 6.33 Å². The van der Waals surface area contributed by atoms with Crippen molar-refractivity contribution in [3.8, 4) is 0 Å². The first-order chi connectivity index (χ1) is 6.83. The van der Waals surface area contributed by atoms with Crippen LogP contribution in [0.4, 0.5) is 0 Å². The van der Waals surface area contributed by atoms with Gasteiger partial charge in [-0.1, -0.05) is 0 Å². The summed E-state index contributed by atoms with van der Waals surface area (Å²) in [5, 5.41) is 9.04. The molecule has 0 saturated carbocycles. The largest absolute Gasteiger partial charge is 0.385 e. The summed E-state index contributed by atoms with van der Waals surface area (Å²) in [6, 6.07) is 0. The van der Waals surface area contributed by atoms with E-state index in [1.165, 1.54) is 6.33 Å². The van der Waals surface area contributed by atoms with Crippen LogP contribution in [0.2, 0.25) is 0 Å². The molecule has 0 fully saturated rings. The van der Waals surface area contributed by atoms with Gasteiger partial charge in [0.25, 0.3) is 0 Å². The van der Waals surface area contributed by atoms with Crippen molar-refractivity contribution >= 4 is 5.91 Å². The molecule has 14 heavy (non-hydrogen) atoms. The highest BCUT2D eigenvalue weighted by Crippen LogP contribution is 1.90. The van der Waals surface area contributed by atoms with Gasteiger partial charge in [0.2, 0.25) is 5.91 Å². The lowest BCUT2D eigenvalue weighted by atomic mass is 10.3. The summed E-state index contributed by atoms with van der Waals surface area (Å²) >= 11 is 0. The first-order valence-electron chi connectivity index (χ1n) is 4.43. The number of amides is 1. The Morgan fingerprint density at radius 2 is 2.57 bits per heavy atom. The summed E-state index contributed by atoms with van der Waals surface area (Å²) < 4.78 is 4.83. The lowest BCUT2D eigenvalue weighted by Gasteiger charge is -2.02. The van der Waals surface area contributed by atoms with Gasteiger partial charge in [0.1, 0.15) is 12.2 Å². The topological polar surface area (TPSA) is 79.9 Å². The van der Waals surface area contributed by atoms with Crippen LogP contribution >= 0.6 is 0 Å². The maximum absolute atomic E-state index is 11.2. The van der Waals surface area contributed by atoms with Crippen LogP contribution in [0, 0.1) is 0 Å². The lowest BCUT2D eigenvalue weighted by molar-refractivity contribution is -0.121. The molecule has 0 aliphatic heterocycles. The lowest BCUT2D eigenvalue weighted by Crippen LogP contribution is -2.23. The maximum Gasteiger partial charge on any atom is 0.220 e. The van der Waals surface area contributed by atoms with Gasteiger partial charge in [-0.3, -0.25) is 9.89 Å². The zero-order valence-corrected chi connectivity index (χ0v) is 8.12. The molecular weight excluding hydrogens is 184 g/mol. The van der Waals surface area contributed by atoms with Gasteiger partial charge in [-0.25, -0.2) is 4.98 Å². The molecule has 1 amide bonds. The van der Waals surface area contributed by atoms with E-state index in [0.717, 1.165) is 6.42 Å². The summed E-state index contributed by atoms with van der Waals surface area (Å²) in [5.41, 5.74) is 0. The molecule has 1 aromatic rings. The Morgan fingerprint density at radius 1 is 1.71 bits per heavy atom. The average molecular weight is 198 g/mol. The molecule has 2 N–H and O–H groups in total. The summed E-state index contributed by atoms with van der Waals surface area (Å²) in [7, 11) is 1.62. The molecule has 0 atom stereocenters. The standard InChI is InChI=1S/C8H14N4O2/c1-14-4-2-3-8(13)9-5-7-10-6-11-12-7/h6H,2-5H2,1H3,(H,9,13)(H,10,11,12). The predicted octanol–water partition coefficient (Wildman–Crippen LogP) is -0.153. The minimum atomic E-state index is -0.00144. The van der Waals surface area contributed by atoms with Gasteiger partial charge in [-0.2, -0.15) is 5.10 Å². The van der Waals surface area contributed by atoms with Gasteiger partial charge < -0.3 is 10.1 Å². The van der Waals surface area contributed by atoms with Gasteiger partial charge in [0, 0.05) is 20.1 Å². The normalized spacial score (nSPS) is 10.1. The average Bonchev–Trinajstić information content (AvgIpc) is 2.68. The van der Waals surface area contributed by atoms with E-state index < -0.39 is 0 Å². The number of nitrogens with zero attached hydrogens (tertiary/aromatic N) is 2. The second-order valence-corrected chi connectivity index (χ2v) is 2.81. The Balaban J connectivity index is 2.09. The molecule has 1 heterocycles. The molecule has 6 nitrogen and oxygen atoms in total. The van der Waals surface area contributed by atoms with Gasteiger partial charge in [-0.05, 0) is 6.42 Å².